The molecule has 1 amide bonds. The van der Waals surface area contributed by atoms with Crippen molar-refractivity contribution >= 4 is 5.91 Å². The lowest BCUT2D eigenvalue weighted by atomic mass is 10.0. The molecule has 0 saturated carbocycles. The van der Waals surface area contributed by atoms with E-state index in [4.69, 9.17) is 0 Å². The Morgan fingerprint density at radius 1 is 1.42 bits per heavy atom. The normalized spacial score (nSPS) is 29.6. The second-order valence-electron chi connectivity index (χ2n) is 5.75. The second kappa shape index (κ2) is 4.53. The number of phenols is 1. The SMILES string of the molecule is Cc1cccc(C(=O)N2C(C)CC3CNCC32)c1O. The number of aryl methyl sites for hydroxylation is 1. The molecular weight excluding hydrogens is 240 g/mol. The smallest absolute Gasteiger partial charge is 0.258 e. The quantitative estimate of drug-likeness (QED) is 0.805. The lowest BCUT2D eigenvalue weighted by Crippen LogP contribution is -2.42. The van der Waals surface area contributed by atoms with Crippen molar-refractivity contribution in [1.82, 2.24) is 10.2 Å². The minimum absolute atomic E-state index is 0.0371. The highest BCUT2D eigenvalue weighted by molar-refractivity contribution is 5.97. The van der Waals surface area contributed by atoms with Crippen LogP contribution in [0, 0.1) is 12.8 Å². The molecule has 0 radical (unpaired) electrons. The van der Waals surface area contributed by atoms with Gasteiger partial charge in [0.05, 0.1) is 5.56 Å². The molecule has 3 atom stereocenters. The first-order chi connectivity index (χ1) is 9.09. The first kappa shape index (κ1) is 12.5. The van der Waals surface area contributed by atoms with Gasteiger partial charge in [-0.15, -0.1) is 0 Å². The Morgan fingerprint density at radius 2 is 2.21 bits per heavy atom. The maximum absolute atomic E-state index is 12.7. The van der Waals surface area contributed by atoms with Crippen LogP contribution >= 0.6 is 0 Å². The molecule has 0 bridgehead atoms. The molecule has 102 valence electrons. The first-order valence-electron chi connectivity index (χ1n) is 6.91. The molecule has 0 aliphatic carbocycles. The van der Waals surface area contributed by atoms with Crippen LogP contribution in [0.4, 0.5) is 0 Å². The Balaban J connectivity index is 1.93. The van der Waals surface area contributed by atoms with Gasteiger partial charge in [0.25, 0.3) is 5.91 Å². The fourth-order valence-electron chi connectivity index (χ4n) is 3.49. The number of amides is 1. The van der Waals surface area contributed by atoms with E-state index < -0.39 is 0 Å². The van der Waals surface area contributed by atoms with Gasteiger partial charge in [0.2, 0.25) is 0 Å². The molecular formula is C15H20N2O2. The van der Waals surface area contributed by atoms with Crippen molar-refractivity contribution in [3.05, 3.63) is 29.3 Å². The predicted molar refractivity (Wildman–Crippen MR) is 73.2 cm³/mol. The van der Waals surface area contributed by atoms with E-state index in [-0.39, 0.29) is 23.7 Å². The molecule has 3 unspecified atom stereocenters. The van der Waals surface area contributed by atoms with E-state index in [0.717, 1.165) is 25.1 Å². The Bertz CT molecular complexity index is 515. The third-order valence-corrected chi connectivity index (χ3v) is 4.48. The molecule has 2 aliphatic heterocycles. The molecule has 2 N–H and O–H groups in total. The van der Waals surface area contributed by atoms with E-state index in [2.05, 4.69) is 12.2 Å². The largest absolute Gasteiger partial charge is 0.507 e. The average Bonchev–Trinajstić information content (AvgIpc) is 2.91. The fourth-order valence-corrected chi connectivity index (χ4v) is 3.49. The number of benzene rings is 1. The lowest BCUT2D eigenvalue weighted by Gasteiger charge is -2.28. The summed E-state index contributed by atoms with van der Waals surface area (Å²) in [6.07, 6.45) is 1.05. The molecule has 1 aromatic rings. The predicted octanol–water partition coefficient (Wildman–Crippen LogP) is 1.52. The van der Waals surface area contributed by atoms with Crippen LogP contribution in [0.2, 0.25) is 0 Å². The molecule has 2 aliphatic rings. The number of carbonyl (C=O) groups is 1. The average molecular weight is 260 g/mol. The third-order valence-electron chi connectivity index (χ3n) is 4.48. The van der Waals surface area contributed by atoms with Gasteiger partial charge in [-0.3, -0.25) is 4.79 Å². The number of likely N-dealkylation sites (tertiary alicyclic amines) is 1. The Hall–Kier alpha value is -1.55. The molecule has 4 nitrogen and oxygen atoms in total. The van der Waals surface area contributed by atoms with Gasteiger partial charge in [-0.25, -0.2) is 0 Å². The van der Waals surface area contributed by atoms with Crippen LogP contribution in [-0.4, -0.2) is 41.1 Å². The van der Waals surface area contributed by atoms with E-state index >= 15 is 0 Å². The highest BCUT2D eigenvalue weighted by Gasteiger charge is 2.44. The third kappa shape index (κ3) is 1.91. The van der Waals surface area contributed by atoms with Gasteiger partial charge in [-0.05, 0) is 37.8 Å². The van der Waals surface area contributed by atoms with Gasteiger partial charge >= 0.3 is 0 Å². The van der Waals surface area contributed by atoms with E-state index in [1.54, 1.807) is 6.07 Å². The van der Waals surface area contributed by atoms with Gasteiger partial charge in [0.1, 0.15) is 5.75 Å². The molecule has 4 heteroatoms. The van der Waals surface area contributed by atoms with Gasteiger partial charge in [-0.2, -0.15) is 0 Å². The van der Waals surface area contributed by atoms with E-state index in [9.17, 15) is 9.90 Å². The van der Waals surface area contributed by atoms with Gasteiger partial charge in [0, 0.05) is 25.2 Å². The number of fused-ring (bicyclic) bond motifs is 1. The van der Waals surface area contributed by atoms with Crippen LogP contribution in [0.15, 0.2) is 18.2 Å². The maximum atomic E-state index is 12.7. The molecule has 2 heterocycles. The van der Waals surface area contributed by atoms with Crippen molar-refractivity contribution in [2.24, 2.45) is 5.92 Å². The van der Waals surface area contributed by atoms with E-state index in [0.29, 0.717) is 11.5 Å². The Labute approximate surface area is 113 Å². The number of rotatable bonds is 1. The molecule has 0 spiro atoms. The standard InChI is InChI=1S/C15H20N2O2/c1-9-4-3-5-12(14(9)18)15(19)17-10(2)6-11-7-16-8-13(11)17/h3-5,10-11,13,16,18H,6-8H2,1-2H3. The van der Waals surface area contributed by atoms with Crippen LogP contribution in [-0.2, 0) is 0 Å². The van der Waals surface area contributed by atoms with Crippen LogP contribution in [0.5, 0.6) is 5.75 Å². The van der Waals surface area contributed by atoms with Gasteiger partial charge in [0.15, 0.2) is 0 Å². The second-order valence-corrected chi connectivity index (χ2v) is 5.75. The van der Waals surface area contributed by atoms with Crippen molar-refractivity contribution in [3.63, 3.8) is 0 Å². The first-order valence-corrected chi connectivity index (χ1v) is 6.91. The number of phenolic OH excluding ortho intramolecular Hbond substituents is 1. The summed E-state index contributed by atoms with van der Waals surface area (Å²) in [5, 5.41) is 13.4. The van der Waals surface area contributed by atoms with Crippen LogP contribution in [0.1, 0.15) is 29.3 Å². The number of nitrogens with zero attached hydrogens (tertiary/aromatic N) is 1. The number of para-hydroxylation sites is 1. The summed E-state index contributed by atoms with van der Waals surface area (Å²) in [5.41, 5.74) is 1.18. The zero-order valence-electron chi connectivity index (χ0n) is 11.4. The molecule has 2 fully saturated rings. The van der Waals surface area contributed by atoms with Crippen LogP contribution in [0.3, 0.4) is 0 Å². The number of hydrogen-bond acceptors (Lipinski definition) is 3. The summed E-state index contributed by atoms with van der Waals surface area (Å²) in [5.74, 6) is 0.643. The topological polar surface area (TPSA) is 52.6 Å². The minimum Gasteiger partial charge on any atom is -0.507 e. The summed E-state index contributed by atoms with van der Waals surface area (Å²) < 4.78 is 0. The highest BCUT2D eigenvalue weighted by Crippen LogP contribution is 2.35. The molecule has 19 heavy (non-hydrogen) atoms. The van der Waals surface area contributed by atoms with E-state index in [1.165, 1.54) is 0 Å². The van der Waals surface area contributed by atoms with Crippen LogP contribution in [0.25, 0.3) is 0 Å². The number of aromatic hydroxyl groups is 1. The van der Waals surface area contributed by atoms with Crippen LogP contribution < -0.4 is 5.32 Å². The van der Waals surface area contributed by atoms with E-state index in [1.807, 2.05) is 24.0 Å². The van der Waals surface area contributed by atoms with Crippen molar-refractivity contribution in [2.75, 3.05) is 13.1 Å². The summed E-state index contributed by atoms with van der Waals surface area (Å²) in [6, 6.07) is 5.90. The number of nitrogens with one attached hydrogen (secondary N) is 1. The Kier molecular flexibility index (Phi) is 2.97. The van der Waals surface area contributed by atoms with Crippen molar-refractivity contribution in [2.45, 2.75) is 32.4 Å². The Morgan fingerprint density at radius 3 is 3.00 bits per heavy atom. The van der Waals surface area contributed by atoms with Crippen molar-refractivity contribution in [3.8, 4) is 5.75 Å². The molecule has 0 aromatic heterocycles. The fraction of sp³-hybridized carbons (Fsp3) is 0.533. The van der Waals surface area contributed by atoms with Crippen molar-refractivity contribution in [1.29, 1.82) is 0 Å². The maximum Gasteiger partial charge on any atom is 0.258 e. The zero-order chi connectivity index (χ0) is 13.6. The molecule has 2 saturated heterocycles. The highest BCUT2D eigenvalue weighted by atomic mass is 16.3. The van der Waals surface area contributed by atoms with Gasteiger partial charge in [-0.1, -0.05) is 12.1 Å². The number of carbonyl (C=O) groups excluding carboxylic acids is 1. The molecule has 3 rings (SSSR count). The monoisotopic (exact) mass is 260 g/mol. The summed E-state index contributed by atoms with van der Waals surface area (Å²) in [6.45, 7) is 5.79. The van der Waals surface area contributed by atoms with Crippen molar-refractivity contribution < 1.29 is 9.90 Å². The number of hydrogen-bond donors (Lipinski definition) is 2. The summed E-state index contributed by atoms with van der Waals surface area (Å²) in [7, 11) is 0. The lowest BCUT2D eigenvalue weighted by molar-refractivity contribution is 0.0679. The minimum atomic E-state index is -0.0371. The molecule has 1 aromatic carbocycles. The summed E-state index contributed by atoms with van der Waals surface area (Å²) >= 11 is 0. The van der Waals surface area contributed by atoms with Gasteiger partial charge < -0.3 is 15.3 Å². The summed E-state index contributed by atoms with van der Waals surface area (Å²) in [4.78, 5) is 14.7. The zero-order valence-corrected chi connectivity index (χ0v) is 11.4.